The number of aromatic nitrogens is 1. The third kappa shape index (κ3) is 2.52. The summed E-state index contributed by atoms with van der Waals surface area (Å²) in [6.45, 7) is 2.87. The van der Waals surface area contributed by atoms with E-state index in [2.05, 4.69) is 0 Å². The van der Waals surface area contributed by atoms with E-state index in [1.54, 1.807) is 10.6 Å². The van der Waals surface area contributed by atoms with Crippen LogP contribution in [0.1, 0.15) is 28.5 Å². The molecule has 0 saturated carbocycles. The highest BCUT2D eigenvalue weighted by atomic mass is 16.7. The molecule has 1 aliphatic heterocycles. The van der Waals surface area contributed by atoms with Crippen molar-refractivity contribution in [1.29, 1.82) is 5.26 Å². The summed E-state index contributed by atoms with van der Waals surface area (Å²) >= 11 is 0. The number of nitriles is 1. The fourth-order valence-corrected chi connectivity index (χ4v) is 2.74. The van der Waals surface area contributed by atoms with Gasteiger partial charge in [-0.1, -0.05) is 12.1 Å². The van der Waals surface area contributed by atoms with E-state index in [9.17, 15) is 10.1 Å². The van der Waals surface area contributed by atoms with E-state index in [4.69, 9.17) is 19.9 Å². The first-order valence-corrected chi connectivity index (χ1v) is 7.38. The average molecular weight is 327 g/mol. The van der Waals surface area contributed by atoms with Gasteiger partial charge in [-0.3, -0.25) is 0 Å². The van der Waals surface area contributed by atoms with Crippen molar-refractivity contribution in [3.8, 4) is 11.8 Å². The zero-order valence-corrected chi connectivity index (χ0v) is 13.4. The van der Waals surface area contributed by atoms with E-state index in [0.29, 0.717) is 18.9 Å². The smallest absolute Gasteiger partial charge is 0.357 e. The van der Waals surface area contributed by atoms with Crippen LogP contribution in [0.5, 0.6) is 0 Å². The molecule has 0 unspecified atom stereocenters. The molecule has 24 heavy (non-hydrogen) atoms. The molecule has 0 atom stereocenters. The van der Waals surface area contributed by atoms with Gasteiger partial charge < -0.3 is 24.5 Å². The predicted molar refractivity (Wildman–Crippen MR) is 85.5 cm³/mol. The topological polar surface area (TPSA) is 99.5 Å². The van der Waals surface area contributed by atoms with Crippen LogP contribution in [0.15, 0.2) is 30.5 Å². The number of anilines is 1. The number of rotatable bonds is 3. The van der Waals surface area contributed by atoms with E-state index in [1.807, 2.05) is 31.2 Å². The maximum absolute atomic E-state index is 12.1. The average Bonchev–Trinajstić information content (AvgIpc) is 3.19. The van der Waals surface area contributed by atoms with Gasteiger partial charge in [-0.25, -0.2) is 4.79 Å². The van der Waals surface area contributed by atoms with Crippen molar-refractivity contribution in [2.24, 2.45) is 0 Å². The van der Waals surface area contributed by atoms with Crippen molar-refractivity contribution >= 4 is 11.7 Å². The minimum absolute atomic E-state index is 0.0920. The summed E-state index contributed by atoms with van der Waals surface area (Å²) in [5, 5.41) is 9.19. The van der Waals surface area contributed by atoms with Gasteiger partial charge in [0.05, 0.1) is 31.6 Å². The molecule has 2 N–H and O–H groups in total. The summed E-state index contributed by atoms with van der Waals surface area (Å²) in [6.07, 6.45) is 1.51. The lowest BCUT2D eigenvalue weighted by atomic mass is 10.1. The van der Waals surface area contributed by atoms with Gasteiger partial charge >= 0.3 is 5.97 Å². The Morgan fingerprint density at radius 3 is 2.75 bits per heavy atom. The Morgan fingerprint density at radius 2 is 2.12 bits per heavy atom. The van der Waals surface area contributed by atoms with Gasteiger partial charge in [-0.15, -0.1) is 0 Å². The number of hydrogen-bond donors (Lipinski definition) is 1. The number of benzene rings is 1. The Morgan fingerprint density at radius 1 is 1.42 bits per heavy atom. The number of nitrogen functional groups attached to an aromatic ring is 1. The van der Waals surface area contributed by atoms with Crippen LogP contribution in [-0.2, 0) is 20.0 Å². The molecule has 2 aromatic rings. The number of carbonyl (C=O) groups is 1. The number of methoxy groups -OCH3 is 1. The van der Waals surface area contributed by atoms with Gasteiger partial charge in [0.2, 0.25) is 0 Å². The number of nitrogens with two attached hydrogens (primary N) is 1. The quantitative estimate of drug-likeness (QED) is 0.865. The summed E-state index contributed by atoms with van der Waals surface area (Å²) in [4.78, 5) is 12.1. The third-order valence-electron chi connectivity index (χ3n) is 4.03. The van der Waals surface area contributed by atoms with Crippen LogP contribution < -0.4 is 5.73 Å². The molecule has 0 spiro atoms. The Bertz CT molecular complexity index is 829. The molecule has 1 fully saturated rings. The summed E-state index contributed by atoms with van der Waals surface area (Å²) in [6, 6.07) is 9.31. The van der Waals surface area contributed by atoms with E-state index in [0.717, 1.165) is 5.56 Å². The summed E-state index contributed by atoms with van der Waals surface area (Å²) < 4.78 is 17.7. The van der Waals surface area contributed by atoms with Crippen LogP contribution in [0.25, 0.3) is 5.69 Å². The van der Waals surface area contributed by atoms with Crippen LogP contribution in [0.2, 0.25) is 0 Å². The number of nitrogens with zero attached hydrogens (tertiary/aromatic N) is 2. The second-order valence-corrected chi connectivity index (χ2v) is 5.47. The highest BCUT2D eigenvalue weighted by molar-refractivity contribution is 5.95. The van der Waals surface area contributed by atoms with Crippen LogP contribution in [-0.4, -0.2) is 30.9 Å². The molecule has 2 heterocycles. The molecule has 1 saturated heterocycles. The van der Waals surface area contributed by atoms with Gasteiger partial charge in [0.1, 0.15) is 6.07 Å². The van der Waals surface area contributed by atoms with Crippen molar-refractivity contribution in [1.82, 2.24) is 4.57 Å². The van der Waals surface area contributed by atoms with E-state index < -0.39 is 11.8 Å². The first-order valence-electron chi connectivity index (χ1n) is 7.38. The van der Waals surface area contributed by atoms with Crippen molar-refractivity contribution in [2.75, 3.05) is 26.1 Å². The lowest BCUT2D eigenvalue weighted by molar-refractivity contribution is -0.149. The molecular formula is C17H17N3O4. The molecule has 124 valence electrons. The number of carbonyl (C=O) groups excluding carboxylic acids is 1. The Labute approximate surface area is 139 Å². The molecular weight excluding hydrogens is 310 g/mol. The van der Waals surface area contributed by atoms with Crippen LogP contribution in [0.3, 0.4) is 0 Å². The monoisotopic (exact) mass is 327 g/mol. The normalized spacial score (nSPS) is 15.9. The fraction of sp³-hybridized carbons (Fsp3) is 0.294. The summed E-state index contributed by atoms with van der Waals surface area (Å²) in [7, 11) is 1.27. The Hall–Kier alpha value is -2.82. The molecule has 0 bridgehead atoms. The maximum atomic E-state index is 12.1. The second-order valence-electron chi connectivity index (χ2n) is 5.47. The van der Waals surface area contributed by atoms with Crippen molar-refractivity contribution in [3.63, 3.8) is 0 Å². The van der Waals surface area contributed by atoms with Crippen molar-refractivity contribution in [2.45, 2.75) is 12.7 Å². The zero-order valence-electron chi connectivity index (χ0n) is 13.4. The molecule has 1 aliphatic rings. The van der Waals surface area contributed by atoms with E-state index >= 15 is 0 Å². The first kappa shape index (κ1) is 16.1. The maximum Gasteiger partial charge on any atom is 0.357 e. The Balaban J connectivity index is 2.13. The van der Waals surface area contributed by atoms with Gasteiger partial charge in [-0.2, -0.15) is 5.26 Å². The van der Waals surface area contributed by atoms with Crippen LogP contribution >= 0.6 is 0 Å². The lowest BCUT2D eigenvalue weighted by Crippen LogP contribution is -2.22. The highest BCUT2D eigenvalue weighted by Crippen LogP contribution is 2.33. The SMILES string of the molecule is COC(=O)c1c(N)c(C#N)cn1-c1cccc(C2(C)OCCO2)c1. The molecule has 0 aliphatic carbocycles. The van der Waals surface area contributed by atoms with Crippen molar-refractivity contribution < 1.29 is 19.0 Å². The van der Waals surface area contributed by atoms with Crippen LogP contribution in [0, 0.1) is 11.3 Å². The molecule has 1 aromatic carbocycles. The standard InChI is InChI=1S/C17H17N3O4/c1-17(23-6-7-24-17)12-4-3-5-13(8-12)20-10-11(9-18)14(19)15(20)16(21)22-2/h3-5,8,10H,6-7,19H2,1-2H3. The zero-order chi connectivity index (χ0) is 17.3. The lowest BCUT2D eigenvalue weighted by Gasteiger charge is -2.23. The van der Waals surface area contributed by atoms with Crippen molar-refractivity contribution in [3.05, 3.63) is 47.3 Å². The highest BCUT2D eigenvalue weighted by Gasteiger charge is 2.33. The number of esters is 1. The van der Waals surface area contributed by atoms with Gasteiger partial charge in [0.15, 0.2) is 11.5 Å². The number of hydrogen-bond acceptors (Lipinski definition) is 6. The summed E-state index contributed by atoms with van der Waals surface area (Å²) in [5.74, 6) is -1.45. The molecule has 7 nitrogen and oxygen atoms in total. The van der Waals surface area contributed by atoms with E-state index in [1.165, 1.54) is 13.3 Å². The molecule has 0 radical (unpaired) electrons. The summed E-state index contributed by atoms with van der Waals surface area (Å²) in [5.41, 5.74) is 7.80. The third-order valence-corrected chi connectivity index (χ3v) is 4.03. The minimum Gasteiger partial charge on any atom is -0.464 e. The molecule has 1 aromatic heterocycles. The van der Waals surface area contributed by atoms with Gasteiger partial charge in [0.25, 0.3) is 0 Å². The molecule has 3 rings (SSSR count). The minimum atomic E-state index is -0.835. The number of ether oxygens (including phenoxy) is 3. The first-order chi connectivity index (χ1) is 11.5. The molecule has 7 heteroatoms. The molecule has 0 amide bonds. The fourth-order valence-electron chi connectivity index (χ4n) is 2.74. The van der Waals surface area contributed by atoms with Crippen LogP contribution in [0.4, 0.5) is 5.69 Å². The second kappa shape index (κ2) is 6.00. The Kier molecular flexibility index (Phi) is 4.01. The van der Waals surface area contributed by atoms with E-state index in [-0.39, 0.29) is 16.9 Å². The predicted octanol–water partition coefficient (Wildman–Crippen LogP) is 1.94. The van der Waals surface area contributed by atoms with Gasteiger partial charge in [-0.05, 0) is 19.1 Å². The van der Waals surface area contributed by atoms with Gasteiger partial charge in [0, 0.05) is 17.4 Å². The largest absolute Gasteiger partial charge is 0.464 e.